The van der Waals surface area contributed by atoms with Crippen molar-refractivity contribution in [2.24, 2.45) is 11.3 Å². The van der Waals surface area contributed by atoms with Crippen molar-refractivity contribution >= 4 is 5.78 Å². The molecule has 118 valence electrons. The smallest absolute Gasteiger partial charge is 0.135 e. The number of unbranched alkanes of at least 4 members (excludes halogenated alkanes) is 5. The molecule has 0 aliphatic heterocycles. The molecule has 0 aromatic carbocycles. The van der Waals surface area contributed by atoms with E-state index in [9.17, 15) is 4.79 Å². The fourth-order valence-corrected chi connectivity index (χ4v) is 3.29. The SMILES string of the molecule is CCCCCCCCOC1CCC(C)(C)CC1C(C)=O. The molecule has 0 aromatic heterocycles. The summed E-state index contributed by atoms with van der Waals surface area (Å²) in [4.78, 5) is 11.8. The molecule has 2 unspecified atom stereocenters. The van der Waals surface area contributed by atoms with Gasteiger partial charge in [0.1, 0.15) is 5.78 Å². The highest BCUT2D eigenvalue weighted by Gasteiger charge is 2.37. The molecule has 20 heavy (non-hydrogen) atoms. The highest BCUT2D eigenvalue weighted by atomic mass is 16.5. The number of ether oxygens (including phenoxy) is 1. The van der Waals surface area contributed by atoms with Crippen LogP contribution in [0.4, 0.5) is 0 Å². The van der Waals surface area contributed by atoms with E-state index in [1.165, 1.54) is 38.5 Å². The van der Waals surface area contributed by atoms with Crippen molar-refractivity contribution in [3.8, 4) is 0 Å². The molecule has 2 atom stereocenters. The molecule has 1 rings (SSSR count). The van der Waals surface area contributed by atoms with E-state index in [4.69, 9.17) is 4.74 Å². The summed E-state index contributed by atoms with van der Waals surface area (Å²) in [6.07, 6.45) is 11.1. The van der Waals surface area contributed by atoms with Crippen LogP contribution in [0.2, 0.25) is 0 Å². The van der Waals surface area contributed by atoms with Gasteiger partial charge in [-0.05, 0) is 38.0 Å². The van der Waals surface area contributed by atoms with E-state index in [0.29, 0.717) is 11.2 Å². The minimum Gasteiger partial charge on any atom is -0.377 e. The summed E-state index contributed by atoms with van der Waals surface area (Å²) in [6.45, 7) is 9.35. The van der Waals surface area contributed by atoms with Crippen molar-refractivity contribution in [2.75, 3.05) is 6.61 Å². The van der Waals surface area contributed by atoms with Crippen molar-refractivity contribution in [2.45, 2.75) is 91.6 Å². The molecule has 0 saturated heterocycles. The molecular weight excluding hydrogens is 248 g/mol. The molecule has 1 fully saturated rings. The number of rotatable bonds is 9. The van der Waals surface area contributed by atoms with Gasteiger partial charge < -0.3 is 4.74 Å². The van der Waals surface area contributed by atoms with Crippen LogP contribution in [-0.2, 0) is 9.53 Å². The first kappa shape index (κ1) is 17.7. The van der Waals surface area contributed by atoms with Crippen molar-refractivity contribution in [3.05, 3.63) is 0 Å². The molecule has 0 aromatic rings. The van der Waals surface area contributed by atoms with E-state index < -0.39 is 0 Å². The van der Waals surface area contributed by atoms with Gasteiger partial charge in [0.05, 0.1) is 6.10 Å². The standard InChI is InChI=1S/C18H34O2/c1-5-6-7-8-9-10-13-20-17-11-12-18(3,4)14-16(17)15(2)19/h16-17H,5-14H2,1-4H3. The first-order valence-corrected chi connectivity index (χ1v) is 8.58. The van der Waals surface area contributed by atoms with Gasteiger partial charge in [-0.3, -0.25) is 4.79 Å². The summed E-state index contributed by atoms with van der Waals surface area (Å²) in [5.74, 6) is 0.435. The van der Waals surface area contributed by atoms with Gasteiger partial charge in [-0.15, -0.1) is 0 Å². The lowest BCUT2D eigenvalue weighted by molar-refractivity contribution is -0.131. The lowest BCUT2D eigenvalue weighted by atomic mass is 9.69. The van der Waals surface area contributed by atoms with Crippen molar-refractivity contribution < 1.29 is 9.53 Å². The van der Waals surface area contributed by atoms with Gasteiger partial charge >= 0.3 is 0 Å². The van der Waals surface area contributed by atoms with E-state index in [1.807, 2.05) is 0 Å². The molecule has 2 heteroatoms. The van der Waals surface area contributed by atoms with E-state index in [-0.39, 0.29) is 12.0 Å². The fourth-order valence-electron chi connectivity index (χ4n) is 3.29. The second-order valence-corrected chi connectivity index (χ2v) is 7.30. The van der Waals surface area contributed by atoms with Gasteiger partial charge in [0.15, 0.2) is 0 Å². The summed E-state index contributed by atoms with van der Waals surface area (Å²) < 4.78 is 6.04. The maximum Gasteiger partial charge on any atom is 0.135 e. The summed E-state index contributed by atoms with van der Waals surface area (Å²) >= 11 is 0. The van der Waals surface area contributed by atoms with Gasteiger partial charge in [-0.25, -0.2) is 0 Å². The molecule has 0 bridgehead atoms. The third-order valence-corrected chi connectivity index (χ3v) is 4.68. The van der Waals surface area contributed by atoms with Crippen LogP contribution in [-0.4, -0.2) is 18.5 Å². The number of Topliss-reactive ketones (excluding diaryl/α,β-unsaturated/α-hetero) is 1. The zero-order chi connectivity index (χ0) is 15.0. The highest BCUT2D eigenvalue weighted by Crippen LogP contribution is 2.40. The second kappa shape index (κ2) is 8.81. The van der Waals surface area contributed by atoms with E-state index in [1.54, 1.807) is 6.92 Å². The van der Waals surface area contributed by atoms with Crippen LogP contribution in [0, 0.1) is 11.3 Å². The topological polar surface area (TPSA) is 26.3 Å². The molecule has 0 N–H and O–H groups in total. The summed E-state index contributed by atoms with van der Waals surface area (Å²) in [7, 11) is 0. The van der Waals surface area contributed by atoms with Gasteiger partial charge in [-0.2, -0.15) is 0 Å². The summed E-state index contributed by atoms with van der Waals surface area (Å²) in [6, 6.07) is 0. The molecule has 1 aliphatic carbocycles. The Bertz CT molecular complexity index is 283. The Morgan fingerprint density at radius 1 is 1.15 bits per heavy atom. The van der Waals surface area contributed by atoms with Gasteiger partial charge in [0, 0.05) is 12.5 Å². The summed E-state index contributed by atoms with van der Waals surface area (Å²) in [5.41, 5.74) is 0.302. The number of hydrogen-bond donors (Lipinski definition) is 0. The molecule has 0 heterocycles. The first-order chi connectivity index (χ1) is 9.46. The van der Waals surface area contributed by atoms with Crippen LogP contribution in [0.3, 0.4) is 0 Å². The van der Waals surface area contributed by atoms with E-state index >= 15 is 0 Å². The maximum atomic E-state index is 11.8. The second-order valence-electron chi connectivity index (χ2n) is 7.30. The molecule has 0 radical (unpaired) electrons. The molecule has 2 nitrogen and oxygen atoms in total. The van der Waals surface area contributed by atoms with Crippen molar-refractivity contribution in [1.82, 2.24) is 0 Å². The minimum atomic E-state index is 0.124. The Kier molecular flexibility index (Phi) is 7.79. The number of hydrogen-bond acceptors (Lipinski definition) is 2. The van der Waals surface area contributed by atoms with Crippen LogP contribution in [0.25, 0.3) is 0 Å². The van der Waals surface area contributed by atoms with Crippen LogP contribution in [0.5, 0.6) is 0 Å². The normalized spacial score (nSPS) is 25.6. The third kappa shape index (κ3) is 6.39. The molecule has 0 spiro atoms. The quantitative estimate of drug-likeness (QED) is 0.547. The van der Waals surface area contributed by atoms with Gasteiger partial charge in [0.25, 0.3) is 0 Å². The largest absolute Gasteiger partial charge is 0.377 e. The van der Waals surface area contributed by atoms with Crippen molar-refractivity contribution in [3.63, 3.8) is 0 Å². The van der Waals surface area contributed by atoms with Gasteiger partial charge in [-0.1, -0.05) is 52.9 Å². The zero-order valence-corrected chi connectivity index (χ0v) is 14.0. The third-order valence-electron chi connectivity index (χ3n) is 4.68. The van der Waals surface area contributed by atoms with E-state index in [0.717, 1.165) is 25.9 Å². The first-order valence-electron chi connectivity index (χ1n) is 8.58. The minimum absolute atomic E-state index is 0.124. The maximum absolute atomic E-state index is 11.8. The fraction of sp³-hybridized carbons (Fsp3) is 0.944. The number of carbonyl (C=O) groups excluding carboxylic acids is 1. The lowest BCUT2D eigenvalue weighted by Gasteiger charge is -2.39. The summed E-state index contributed by atoms with van der Waals surface area (Å²) in [5, 5.41) is 0. The molecule has 0 amide bonds. The average Bonchev–Trinajstić information content (AvgIpc) is 2.38. The Hall–Kier alpha value is -0.370. The Morgan fingerprint density at radius 2 is 1.80 bits per heavy atom. The average molecular weight is 282 g/mol. The Balaban J connectivity index is 2.23. The lowest BCUT2D eigenvalue weighted by Crippen LogP contribution is -2.39. The van der Waals surface area contributed by atoms with Crippen LogP contribution in [0.1, 0.15) is 85.5 Å². The predicted octanol–water partition coefficient (Wildman–Crippen LogP) is 5.15. The van der Waals surface area contributed by atoms with Crippen LogP contribution >= 0.6 is 0 Å². The van der Waals surface area contributed by atoms with Crippen molar-refractivity contribution in [1.29, 1.82) is 0 Å². The predicted molar refractivity (Wildman–Crippen MR) is 84.9 cm³/mol. The van der Waals surface area contributed by atoms with Crippen LogP contribution < -0.4 is 0 Å². The van der Waals surface area contributed by atoms with Crippen LogP contribution in [0.15, 0.2) is 0 Å². The highest BCUT2D eigenvalue weighted by molar-refractivity contribution is 5.79. The molecule has 1 aliphatic rings. The Morgan fingerprint density at radius 3 is 2.45 bits per heavy atom. The zero-order valence-electron chi connectivity index (χ0n) is 14.0. The Labute approximate surface area is 125 Å². The monoisotopic (exact) mass is 282 g/mol. The van der Waals surface area contributed by atoms with Gasteiger partial charge in [0.2, 0.25) is 0 Å². The van der Waals surface area contributed by atoms with E-state index in [2.05, 4.69) is 20.8 Å². The number of ketones is 1. The molecular formula is C18H34O2. The molecule has 1 saturated carbocycles. The number of carbonyl (C=O) groups is 1.